The molecule has 5 heteroatoms. The van der Waals surface area contributed by atoms with Crippen LogP contribution in [0.4, 0.5) is 0 Å². The molecule has 0 aliphatic rings. The number of hydrogen-bond donors (Lipinski definition) is 2. The molecule has 0 atom stereocenters. The van der Waals surface area contributed by atoms with Gasteiger partial charge in [-0.3, -0.25) is 5.10 Å². The largest absolute Gasteiger partial charge is 0.461 e. The number of nitrogens with one attached hydrogen (secondary N) is 1. The Kier molecular flexibility index (Phi) is 2.82. The minimum Gasteiger partial charge on any atom is -0.461 e. The van der Waals surface area contributed by atoms with Gasteiger partial charge in [-0.25, -0.2) is 4.79 Å². The van der Waals surface area contributed by atoms with Crippen LogP contribution in [0.15, 0.2) is 6.20 Å². The van der Waals surface area contributed by atoms with Gasteiger partial charge < -0.3 is 10.5 Å². The average Bonchev–Trinajstić information content (AvgIpc) is 2.51. The third-order valence-electron chi connectivity index (χ3n) is 1.42. The minimum atomic E-state index is -0.407. The van der Waals surface area contributed by atoms with Crippen LogP contribution in [-0.2, 0) is 11.3 Å². The highest BCUT2D eigenvalue weighted by Gasteiger charge is 2.12. The summed E-state index contributed by atoms with van der Waals surface area (Å²) in [5, 5.41) is 6.23. The van der Waals surface area contributed by atoms with Gasteiger partial charge in [0.1, 0.15) is 5.69 Å². The second-order valence-corrected chi connectivity index (χ2v) is 2.19. The Morgan fingerprint density at radius 3 is 3.17 bits per heavy atom. The molecule has 1 rings (SSSR count). The van der Waals surface area contributed by atoms with Crippen LogP contribution in [0.3, 0.4) is 0 Å². The van der Waals surface area contributed by atoms with Crippen LogP contribution in [0.2, 0.25) is 0 Å². The molecule has 0 aliphatic carbocycles. The van der Waals surface area contributed by atoms with Gasteiger partial charge in [-0.1, -0.05) is 0 Å². The highest BCUT2D eigenvalue weighted by molar-refractivity contribution is 5.88. The number of rotatable bonds is 3. The summed E-state index contributed by atoms with van der Waals surface area (Å²) in [5.41, 5.74) is 6.38. The molecule has 66 valence electrons. The summed E-state index contributed by atoms with van der Waals surface area (Å²) in [7, 11) is 0. The molecule has 5 nitrogen and oxygen atoms in total. The maximum atomic E-state index is 11.1. The number of carbonyl (C=O) groups excluding carboxylic acids is 1. The Bertz CT molecular complexity index is 269. The van der Waals surface area contributed by atoms with E-state index in [2.05, 4.69) is 10.2 Å². The Morgan fingerprint density at radius 2 is 2.58 bits per heavy atom. The fraction of sp³-hybridized carbons (Fsp3) is 0.429. The van der Waals surface area contributed by atoms with Crippen molar-refractivity contribution in [3.05, 3.63) is 17.5 Å². The van der Waals surface area contributed by atoms with Crippen molar-refractivity contribution >= 4 is 5.97 Å². The summed E-state index contributed by atoms with van der Waals surface area (Å²) in [6.07, 6.45) is 1.52. The van der Waals surface area contributed by atoms with Crippen LogP contribution in [-0.4, -0.2) is 22.8 Å². The van der Waals surface area contributed by atoms with Gasteiger partial charge >= 0.3 is 5.97 Å². The van der Waals surface area contributed by atoms with Crippen molar-refractivity contribution < 1.29 is 9.53 Å². The van der Waals surface area contributed by atoms with E-state index < -0.39 is 5.97 Å². The molecule has 0 saturated carbocycles. The van der Waals surface area contributed by atoms with Crippen molar-refractivity contribution in [3.8, 4) is 0 Å². The smallest absolute Gasteiger partial charge is 0.356 e. The first-order valence-corrected chi connectivity index (χ1v) is 3.69. The summed E-state index contributed by atoms with van der Waals surface area (Å²) in [6, 6.07) is 0. The van der Waals surface area contributed by atoms with Gasteiger partial charge in [0.25, 0.3) is 0 Å². The molecule has 0 fully saturated rings. The molecule has 3 N–H and O–H groups in total. The molecule has 0 spiro atoms. The van der Waals surface area contributed by atoms with Crippen LogP contribution >= 0.6 is 0 Å². The SMILES string of the molecule is CCOC(=O)c1[nH]ncc1CN. The summed E-state index contributed by atoms with van der Waals surface area (Å²) < 4.78 is 4.76. The summed E-state index contributed by atoms with van der Waals surface area (Å²) in [4.78, 5) is 11.1. The number of ether oxygens (including phenoxy) is 1. The molecule has 0 radical (unpaired) electrons. The Hall–Kier alpha value is -1.36. The van der Waals surface area contributed by atoms with Crippen LogP contribution in [0.5, 0.6) is 0 Å². The number of H-pyrrole nitrogens is 1. The van der Waals surface area contributed by atoms with Crippen molar-refractivity contribution in [1.82, 2.24) is 10.2 Å². The van der Waals surface area contributed by atoms with E-state index in [0.717, 1.165) is 0 Å². The molecule has 0 unspecified atom stereocenters. The second kappa shape index (κ2) is 3.87. The first-order chi connectivity index (χ1) is 5.79. The van der Waals surface area contributed by atoms with Crippen LogP contribution in [0.25, 0.3) is 0 Å². The maximum absolute atomic E-state index is 11.1. The van der Waals surface area contributed by atoms with E-state index in [9.17, 15) is 4.79 Å². The molecule has 0 amide bonds. The predicted octanol–water partition coefficient (Wildman–Crippen LogP) is 0.0451. The van der Waals surface area contributed by atoms with Crippen molar-refractivity contribution in [1.29, 1.82) is 0 Å². The molecule has 1 aromatic rings. The normalized spacial score (nSPS) is 9.83. The lowest BCUT2D eigenvalue weighted by molar-refractivity contribution is 0.0518. The van der Waals surface area contributed by atoms with E-state index in [1.54, 1.807) is 6.92 Å². The fourth-order valence-corrected chi connectivity index (χ4v) is 0.846. The monoisotopic (exact) mass is 169 g/mol. The summed E-state index contributed by atoms with van der Waals surface area (Å²) >= 11 is 0. The first-order valence-electron chi connectivity index (χ1n) is 3.69. The van der Waals surface area contributed by atoms with E-state index in [1.165, 1.54) is 6.20 Å². The van der Waals surface area contributed by atoms with Gasteiger partial charge in [-0.05, 0) is 6.92 Å². The number of esters is 1. The molecular formula is C7H11N3O2. The van der Waals surface area contributed by atoms with Gasteiger partial charge in [0.15, 0.2) is 0 Å². The van der Waals surface area contributed by atoms with Gasteiger partial charge in [-0.15, -0.1) is 0 Å². The number of aromatic nitrogens is 2. The van der Waals surface area contributed by atoms with Crippen molar-refractivity contribution in [2.45, 2.75) is 13.5 Å². The van der Waals surface area contributed by atoms with Crippen molar-refractivity contribution in [3.63, 3.8) is 0 Å². The summed E-state index contributed by atoms with van der Waals surface area (Å²) in [5.74, 6) is -0.407. The van der Waals surface area contributed by atoms with Gasteiger partial charge in [0.05, 0.1) is 12.8 Å². The molecule has 12 heavy (non-hydrogen) atoms. The number of nitrogens with zero attached hydrogens (tertiary/aromatic N) is 1. The molecule has 0 saturated heterocycles. The number of carbonyl (C=O) groups is 1. The predicted molar refractivity (Wildman–Crippen MR) is 42.4 cm³/mol. The van der Waals surface area contributed by atoms with Gasteiger partial charge in [0.2, 0.25) is 0 Å². The zero-order chi connectivity index (χ0) is 8.97. The van der Waals surface area contributed by atoms with Crippen molar-refractivity contribution in [2.24, 2.45) is 5.73 Å². The van der Waals surface area contributed by atoms with E-state index in [1.807, 2.05) is 0 Å². The molecule has 0 bridgehead atoms. The van der Waals surface area contributed by atoms with E-state index in [0.29, 0.717) is 17.9 Å². The van der Waals surface area contributed by atoms with Gasteiger partial charge in [0, 0.05) is 12.1 Å². The lowest BCUT2D eigenvalue weighted by Crippen LogP contribution is -2.09. The number of nitrogens with two attached hydrogens (primary N) is 1. The first kappa shape index (κ1) is 8.73. The molecule has 1 aromatic heterocycles. The number of aromatic amines is 1. The Labute approximate surface area is 69.9 Å². The second-order valence-electron chi connectivity index (χ2n) is 2.19. The molecule has 0 aliphatic heterocycles. The zero-order valence-corrected chi connectivity index (χ0v) is 6.83. The highest BCUT2D eigenvalue weighted by Crippen LogP contribution is 2.04. The lowest BCUT2D eigenvalue weighted by Gasteiger charge is -1.99. The van der Waals surface area contributed by atoms with E-state index in [4.69, 9.17) is 10.5 Å². The average molecular weight is 169 g/mol. The van der Waals surface area contributed by atoms with Crippen molar-refractivity contribution in [2.75, 3.05) is 6.61 Å². The third-order valence-corrected chi connectivity index (χ3v) is 1.42. The minimum absolute atomic E-state index is 0.282. The lowest BCUT2D eigenvalue weighted by atomic mass is 10.2. The van der Waals surface area contributed by atoms with Crippen LogP contribution in [0, 0.1) is 0 Å². The van der Waals surface area contributed by atoms with Gasteiger partial charge in [-0.2, -0.15) is 5.10 Å². The molecule has 1 heterocycles. The topological polar surface area (TPSA) is 81.0 Å². The summed E-state index contributed by atoms with van der Waals surface area (Å²) in [6.45, 7) is 2.38. The van der Waals surface area contributed by atoms with E-state index in [-0.39, 0.29) is 6.54 Å². The molecular weight excluding hydrogens is 158 g/mol. The highest BCUT2D eigenvalue weighted by atomic mass is 16.5. The zero-order valence-electron chi connectivity index (χ0n) is 6.83. The van der Waals surface area contributed by atoms with E-state index >= 15 is 0 Å². The fourth-order valence-electron chi connectivity index (χ4n) is 0.846. The Balaban J connectivity index is 2.79. The maximum Gasteiger partial charge on any atom is 0.356 e. The van der Waals surface area contributed by atoms with Crippen LogP contribution < -0.4 is 5.73 Å². The van der Waals surface area contributed by atoms with Crippen LogP contribution in [0.1, 0.15) is 23.0 Å². The Morgan fingerprint density at radius 1 is 1.83 bits per heavy atom. The third kappa shape index (κ3) is 1.62. The quantitative estimate of drug-likeness (QED) is 0.626. The molecule has 0 aromatic carbocycles. The number of hydrogen-bond acceptors (Lipinski definition) is 4. The standard InChI is InChI=1S/C7H11N3O2/c1-2-12-7(11)6-5(3-8)4-9-10-6/h4H,2-3,8H2,1H3,(H,9,10).